The standard InChI is InChI=1S/C28H31NO4/c1-31-28-12-11-21(30)26-27(28)13-14-29(16-18-7-8-18)23(28)15-20-9-10-22(25(33-26)24(20)27)32-17-19-5-3-2-4-6-19/h2-6,9-10,18,23,26H,7-8,11-17H2,1H3/t23-,26+,27+,28?/m1/s1. The number of ketones is 1. The quantitative estimate of drug-likeness (QED) is 0.671. The van der Waals surface area contributed by atoms with E-state index < -0.39 is 11.5 Å². The van der Waals surface area contributed by atoms with Crippen LogP contribution in [-0.4, -0.2) is 48.6 Å². The molecule has 33 heavy (non-hydrogen) atoms. The van der Waals surface area contributed by atoms with Crippen LogP contribution in [0.1, 0.15) is 48.8 Å². The van der Waals surface area contributed by atoms with Crippen LogP contribution in [0.2, 0.25) is 0 Å². The Bertz CT molecular complexity index is 1110. The van der Waals surface area contributed by atoms with Crippen LogP contribution in [0.15, 0.2) is 42.5 Å². The molecule has 2 heterocycles. The molecule has 2 saturated carbocycles. The number of piperidine rings is 1. The third-order valence-electron chi connectivity index (χ3n) is 9.10. The number of benzene rings is 2. The topological polar surface area (TPSA) is 48.0 Å². The van der Waals surface area contributed by atoms with E-state index in [1.54, 1.807) is 0 Å². The second kappa shape index (κ2) is 7.07. The molecule has 1 unspecified atom stereocenters. The summed E-state index contributed by atoms with van der Waals surface area (Å²) in [6.45, 7) is 2.65. The van der Waals surface area contributed by atoms with Crippen LogP contribution in [0, 0.1) is 5.92 Å². The lowest BCUT2D eigenvalue weighted by Crippen LogP contribution is -2.77. The largest absolute Gasteiger partial charge is 0.485 e. The average molecular weight is 446 g/mol. The van der Waals surface area contributed by atoms with Crippen molar-refractivity contribution in [1.29, 1.82) is 0 Å². The van der Waals surface area contributed by atoms with Crippen LogP contribution in [0.5, 0.6) is 11.5 Å². The molecule has 1 spiro atoms. The van der Waals surface area contributed by atoms with Crippen molar-refractivity contribution >= 4 is 5.78 Å². The van der Waals surface area contributed by atoms with E-state index in [4.69, 9.17) is 14.2 Å². The van der Waals surface area contributed by atoms with Gasteiger partial charge in [-0.1, -0.05) is 36.4 Å². The maximum Gasteiger partial charge on any atom is 0.174 e. The Morgan fingerprint density at radius 1 is 1.12 bits per heavy atom. The molecule has 3 fully saturated rings. The molecule has 4 atom stereocenters. The molecule has 5 nitrogen and oxygen atoms in total. The number of ether oxygens (including phenoxy) is 3. The second-order valence-electron chi connectivity index (χ2n) is 10.6. The molecule has 0 radical (unpaired) electrons. The Balaban J connectivity index is 1.34. The highest BCUT2D eigenvalue weighted by Gasteiger charge is 2.74. The number of methoxy groups -OCH3 is 1. The van der Waals surface area contributed by atoms with Gasteiger partial charge in [-0.2, -0.15) is 0 Å². The van der Waals surface area contributed by atoms with Gasteiger partial charge < -0.3 is 14.2 Å². The van der Waals surface area contributed by atoms with E-state index in [9.17, 15) is 4.79 Å². The SMILES string of the molecule is COC12CCC(=O)[C@@H]3Oc4c(OCc5ccccc5)ccc5c4[C@@]31CCN(CC1CC1)[C@@H]2C5. The van der Waals surface area contributed by atoms with Crippen molar-refractivity contribution in [2.24, 2.45) is 5.92 Å². The molecule has 172 valence electrons. The van der Waals surface area contributed by atoms with Crippen LogP contribution in [0.3, 0.4) is 0 Å². The summed E-state index contributed by atoms with van der Waals surface area (Å²) >= 11 is 0. The third kappa shape index (κ3) is 2.64. The van der Waals surface area contributed by atoms with Gasteiger partial charge in [0.25, 0.3) is 0 Å². The van der Waals surface area contributed by atoms with E-state index in [2.05, 4.69) is 29.2 Å². The Morgan fingerprint density at radius 2 is 1.97 bits per heavy atom. The highest BCUT2D eigenvalue weighted by atomic mass is 16.5. The van der Waals surface area contributed by atoms with E-state index >= 15 is 0 Å². The van der Waals surface area contributed by atoms with Gasteiger partial charge in [-0.15, -0.1) is 0 Å². The van der Waals surface area contributed by atoms with Gasteiger partial charge in [0.05, 0.1) is 11.0 Å². The molecule has 3 aliphatic carbocycles. The number of hydrogen-bond donors (Lipinski definition) is 0. The zero-order chi connectivity index (χ0) is 22.2. The van der Waals surface area contributed by atoms with Gasteiger partial charge >= 0.3 is 0 Å². The van der Waals surface area contributed by atoms with Crippen molar-refractivity contribution in [1.82, 2.24) is 4.90 Å². The van der Waals surface area contributed by atoms with Crippen LogP contribution in [0.4, 0.5) is 0 Å². The summed E-state index contributed by atoms with van der Waals surface area (Å²) < 4.78 is 19.4. The first kappa shape index (κ1) is 20.0. The minimum Gasteiger partial charge on any atom is -0.485 e. The van der Waals surface area contributed by atoms with E-state index in [0.717, 1.165) is 55.3 Å². The zero-order valence-electron chi connectivity index (χ0n) is 19.2. The van der Waals surface area contributed by atoms with Crippen molar-refractivity contribution in [2.45, 2.75) is 68.3 Å². The van der Waals surface area contributed by atoms with Crippen molar-refractivity contribution < 1.29 is 19.0 Å². The number of rotatable bonds is 6. The first-order chi connectivity index (χ1) is 16.2. The predicted molar refractivity (Wildman–Crippen MR) is 124 cm³/mol. The smallest absolute Gasteiger partial charge is 0.174 e. The van der Waals surface area contributed by atoms with Crippen molar-refractivity contribution in [3.8, 4) is 11.5 Å². The lowest BCUT2D eigenvalue weighted by atomic mass is 9.49. The first-order valence-electron chi connectivity index (χ1n) is 12.5. The second-order valence-corrected chi connectivity index (χ2v) is 10.6. The van der Waals surface area contributed by atoms with Gasteiger partial charge in [0.1, 0.15) is 6.61 Å². The lowest BCUT2D eigenvalue weighted by molar-refractivity contribution is -0.202. The minimum atomic E-state index is -0.465. The highest BCUT2D eigenvalue weighted by Crippen LogP contribution is 2.66. The fourth-order valence-corrected chi connectivity index (χ4v) is 7.49. The molecule has 2 aliphatic heterocycles. The molecule has 2 bridgehead atoms. The molecule has 5 heteroatoms. The van der Waals surface area contributed by atoms with Crippen molar-refractivity contribution in [3.05, 3.63) is 59.2 Å². The fraction of sp³-hybridized carbons (Fsp3) is 0.536. The number of hydrogen-bond acceptors (Lipinski definition) is 5. The Morgan fingerprint density at radius 3 is 2.76 bits per heavy atom. The van der Waals surface area contributed by atoms with Gasteiger partial charge in [0.2, 0.25) is 0 Å². The van der Waals surface area contributed by atoms with E-state index in [1.165, 1.54) is 24.0 Å². The summed E-state index contributed by atoms with van der Waals surface area (Å²) in [7, 11) is 1.86. The summed E-state index contributed by atoms with van der Waals surface area (Å²) in [6, 6.07) is 14.8. The fourth-order valence-electron chi connectivity index (χ4n) is 7.49. The number of nitrogens with zero attached hydrogens (tertiary/aromatic N) is 1. The van der Waals surface area contributed by atoms with E-state index in [0.29, 0.717) is 19.1 Å². The van der Waals surface area contributed by atoms with Crippen molar-refractivity contribution in [2.75, 3.05) is 20.2 Å². The normalized spacial score (nSPS) is 34.0. The number of Topliss-reactive ketones (excluding diaryl/α,β-unsaturated/α-hetero) is 1. The summed E-state index contributed by atoms with van der Waals surface area (Å²) in [5.74, 6) is 2.59. The average Bonchev–Trinajstić information content (AvgIpc) is 3.59. The van der Waals surface area contributed by atoms with E-state index in [1.807, 2.05) is 25.3 Å². The summed E-state index contributed by atoms with van der Waals surface area (Å²) in [4.78, 5) is 16.0. The van der Waals surface area contributed by atoms with Crippen molar-refractivity contribution in [3.63, 3.8) is 0 Å². The summed E-state index contributed by atoms with van der Waals surface area (Å²) in [5, 5.41) is 0. The number of likely N-dealkylation sites (tertiary alicyclic amines) is 1. The molecular formula is C28H31NO4. The molecule has 1 saturated heterocycles. The summed E-state index contributed by atoms with van der Waals surface area (Å²) in [5.41, 5.74) is 2.85. The van der Waals surface area contributed by atoms with Gasteiger partial charge in [-0.3, -0.25) is 9.69 Å². The molecular weight excluding hydrogens is 414 g/mol. The molecule has 7 rings (SSSR count). The van der Waals surface area contributed by atoms with Crippen LogP contribution < -0.4 is 9.47 Å². The minimum absolute atomic E-state index is 0.218. The number of carbonyl (C=O) groups excluding carboxylic acids is 1. The maximum absolute atomic E-state index is 13.3. The molecule has 5 aliphatic rings. The van der Waals surface area contributed by atoms with Gasteiger partial charge in [0.15, 0.2) is 23.4 Å². The Hall–Kier alpha value is -2.37. The molecule has 0 N–H and O–H groups in total. The van der Waals surface area contributed by atoms with Gasteiger partial charge in [0, 0.05) is 31.7 Å². The number of carbonyl (C=O) groups is 1. The third-order valence-corrected chi connectivity index (χ3v) is 9.10. The van der Waals surface area contributed by atoms with E-state index in [-0.39, 0.29) is 11.4 Å². The predicted octanol–water partition coefficient (Wildman–Crippen LogP) is 4.05. The van der Waals surface area contributed by atoms with Crippen LogP contribution in [0.25, 0.3) is 0 Å². The van der Waals surface area contributed by atoms with Crippen LogP contribution in [-0.2, 0) is 28.0 Å². The zero-order valence-corrected chi connectivity index (χ0v) is 19.2. The lowest BCUT2D eigenvalue weighted by Gasteiger charge is -2.64. The Labute approximate surface area is 195 Å². The monoisotopic (exact) mass is 445 g/mol. The molecule has 0 amide bonds. The maximum atomic E-state index is 13.3. The summed E-state index contributed by atoms with van der Waals surface area (Å²) in [6.07, 6.45) is 5.39. The van der Waals surface area contributed by atoms with Gasteiger partial charge in [-0.25, -0.2) is 0 Å². The van der Waals surface area contributed by atoms with Gasteiger partial charge in [-0.05, 0) is 61.8 Å². The highest BCUT2D eigenvalue weighted by molar-refractivity contribution is 5.90. The Kier molecular flexibility index (Phi) is 4.29. The molecule has 0 aromatic heterocycles. The first-order valence-corrected chi connectivity index (χ1v) is 12.5. The molecule has 2 aromatic rings. The van der Waals surface area contributed by atoms with Crippen LogP contribution >= 0.6 is 0 Å². The molecule has 2 aromatic carbocycles.